The van der Waals surface area contributed by atoms with Crippen molar-refractivity contribution in [3.8, 4) is 5.75 Å². The molecule has 7 heteroatoms. The molecule has 2 N–H and O–H groups in total. The first-order valence-electron chi connectivity index (χ1n) is 6.71. The van der Waals surface area contributed by atoms with Gasteiger partial charge in [-0.2, -0.15) is 0 Å². The Morgan fingerprint density at radius 1 is 1.27 bits per heavy atom. The van der Waals surface area contributed by atoms with Gasteiger partial charge in [0.05, 0.1) is 0 Å². The predicted molar refractivity (Wildman–Crippen MR) is 77.5 cm³/mol. The van der Waals surface area contributed by atoms with Crippen molar-refractivity contribution in [1.82, 2.24) is 5.32 Å². The van der Waals surface area contributed by atoms with E-state index in [1.807, 2.05) is 0 Å². The van der Waals surface area contributed by atoms with Crippen LogP contribution < -0.4 is 10.1 Å². The minimum absolute atomic E-state index is 0.0739. The van der Waals surface area contributed by atoms with Crippen LogP contribution in [0.5, 0.6) is 5.75 Å². The quantitative estimate of drug-likeness (QED) is 0.843. The smallest absolute Gasteiger partial charge is 0.408 e. The van der Waals surface area contributed by atoms with Crippen molar-refractivity contribution in [2.75, 3.05) is 6.86 Å². The number of carbonyl (C=O) groups is 2. The van der Waals surface area contributed by atoms with E-state index in [1.165, 1.54) is 12.1 Å². The maximum absolute atomic E-state index is 12.0. The maximum atomic E-state index is 12.0. The summed E-state index contributed by atoms with van der Waals surface area (Å²) in [6, 6.07) is 5.15. The van der Waals surface area contributed by atoms with E-state index >= 15 is 0 Å². The van der Waals surface area contributed by atoms with Crippen LogP contribution in [0, 0.1) is 0 Å². The van der Waals surface area contributed by atoms with Crippen LogP contribution in [0.3, 0.4) is 0 Å². The van der Waals surface area contributed by atoms with E-state index in [2.05, 4.69) is 10.1 Å². The van der Waals surface area contributed by atoms with Crippen molar-refractivity contribution in [3.05, 3.63) is 29.8 Å². The molecule has 0 spiro atoms. The van der Waals surface area contributed by atoms with E-state index in [4.69, 9.17) is 4.74 Å². The minimum Gasteiger partial charge on any atom is -0.480 e. The molecule has 0 aromatic heterocycles. The molecule has 0 bridgehead atoms. The molecule has 1 atom stereocenters. The standard InChI is InChI=1S/C15H20FNO5/c1-15(2,3)22-14(20)17-12(13(18)19)8-10-4-6-11(7-5-10)21-9-16/h4-7,12H,8-9H2,1-3H3,(H,17,20)(H,18,19)/t12-/m0/s1. The lowest BCUT2D eigenvalue weighted by Crippen LogP contribution is -2.44. The van der Waals surface area contributed by atoms with Gasteiger partial charge >= 0.3 is 12.1 Å². The summed E-state index contributed by atoms with van der Waals surface area (Å²) < 4.78 is 21.7. The van der Waals surface area contributed by atoms with E-state index in [0.29, 0.717) is 11.3 Å². The highest BCUT2D eigenvalue weighted by Gasteiger charge is 2.24. The fourth-order valence-electron chi connectivity index (χ4n) is 1.67. The van der Waals surface area contributed by atoms with Gasteiger partial charge in [-0.05, 0) is 38.5 Å². The molecule has 0 saturated heterocycles. The highest BCUT2D eigenvalue weighted by atomic mass is 19.1. The molecule has 1 aromatic rings. The van der Waals surface area contributed by atoms with Crippen molar-refractivity contribution < 1.29 is 28.6 Å². The van der Waals surface area contributed by atoms with Gasteiger partial charge in [-0.25, -0.2) is 14.0 Å². The largest absolute Gasteiger partial charge is 0.480 e. The summed E-state index contributed by atoms with van der Waals surface area (Å²) in [5.41, 5.74) is -0.0481. The molecule has 6 nitrogen and oxygen atoms in total. The van der Waals surface area contributed by atoms with E-state index < -0.39 is 30.6 Å². The lowest BCUT2D eigenvalue weighted by Gasteiger charge is -2.22. The Kier molecular flexibility index (Phi) is 6.15. The Labute approximate surface area is 128 Å². The molecular formula is C15H20FNO5. The number of ether oxygens (including phenoxy) is 2. The van der Waals surface area contributed by atoms with Crippen molar-refractivity contribution in [2.24, 2.45) is 0 Å². The van der Waals surface area contributed by atoms with Crippen LogP contribution >= 0.6 is 0 Å². The first kappa shape index (κ1) is 17.7. The van der Waals surface area contributed by atoms with Gasteiger partial charge < -0.3 is 19.9 Å². The van der Waals surface area contributed by atoms with Crippen molar-refractivity contribution in [2.45, 2.75) is 38.8 Å². The molecule has 0 fully saturated rings. The molecule has 0 aliphatic rings. The van der Waals surface area contributed by atoms with E-state index in [1.54, 1.807) is 32.9 Å². The van der Waals surface area contributed by atoms with Gasteiger partial charge in [0, 0.05) is 6.42 Å². The molecule has 0 aliphatic carbocycles. The summed E-state index contributed by atoms with van der Waals surface area (Å²) in [6.45, 7) is 4.13. The lowest BCUT2D eigenvalue weighted by molar-refractivity contribution is -0.139. The van der Waals surface area contributed by atoms with Crippen LogP contribution in [0.4, 0.5) is 9.18 Å². The van der Waals surface area contributed by atoms with Crippen LogP contribution in [-0.2, 0) is 16.0 Å². The Bertz CT molecular complexity index is 510. The third-order valence-corrected chi connectivity index (χ3v) is 2.57. The number of carboxylic acid groups (broad SMARTS) is 1. The third-order valence-electron chi connectivity index (χ3n) is 2.57. The molecule has 1 aromatic carbocycles. The topological polar surface area (TPSA) is 84.9 Å². The van der Waals surface area contributed by atoms with E-state index in [0.717, 1.165) is 0 Å². The Hall–Kier alpha value is -2.31. The molecule has 0 heterocycles. The van der Waals surface area contributed by atoms with Crippen molar-refractivity contribution in [3.63, 3.8) is 0 Å². The number of alkyl halides is 1. The summed E-state index contributed by atoms with van der Waals surface area (Å²) in [7, 11) is 0. The molecule has 0 unspecified atom stereocenters. The molecule has 22 heavy (non-hydrogen) atoms. The molecular weight excluding hydrogens is 293 g/mol. The molecule has 0 saturated carbocycles. The maximum Gasteiger partial charge on any atom is 0.408 e. The molecule has 1 amide bonds. The Morgan fingerprint density at radius 2 is 1.86 bits per heavy atom. The van der Waals surface area contributed by atoms with Crippen LogP contribution in [0.2, 0.25) is 0 Å². The lowest BCUT2D eigenvalue weighted by atomic mass is 10.1. The van der Waals surface area contributed by atoms with Crippen molar-refractivity contribution in [1.29, 1.82) is 0 Å². The first-order chi connectivity index (χ1) is 10.2. The number of hydrogen-bond donors (Lipinski definition) is 2. The van der Waals surface area contributed by atoms with Gasteiger partial charge in [0.25, 0.3) is 0 Å². The number of amides is 1. The SMILES string of the molecule is CC(C)(C)OC(=O)N[C@@H](Cc1ccc(OCF)cc1)C(=O)O. The number of aliphatic carboxylic acids is 1. The zero-order chi connectivity index (χ0) is 16.8. The van der Waals surface area contributed by atoms with Crippen LogP contribution in [-0.4, -0.2) is 35.7 Å². The molecule has 0 aliphatic heterocycles. The normalized spacial score (nSPS) is 12.4. The number of benzene rings is 1. The average molecular weight is 313 g/mol. The van der Waals surface area contributed by atoms with Gasteiger partial charge in [0.2, 0.25) is 6.86 Å². The summed E-state index contributed by atoms with van der Waals surface area (Å²) >= 11 is 0. The summed E-state index contributed by atoms with van der Waals surface area (Å²) in [6.07, 6.45) is -0.720. The fourth-order valence-corrected chi connectivity index (χ4v) is 1.67. The van der Waals surface area contributed by atoms with Gasteiger partial charge in [-0.1, -0.05) is 12.1 Å². The fraction of sp³-hybridized carbons (Fsp3) is 0.467. The predicted octanol–water partition coefficient (Wildman–Crippen LogP) is 2.51. The number of halogens is 1. The van der Waals surface area contributed by atoms with Gasteiger partial charge in [0.1, 0.15) is 17.4 Å². The molecule has 0 radical (unpaired) electrons. The van der Waals surface area contributed by atoms with Crippen molar-refractivity contribution >= 4 is 12.1 Å². The monoisotopic (exact) mass is 313 g/mol. The Morgan fingerprint density at radius 3 is 2.32 bits per heavy atom. The third kappa shape index (κ3) is 6.43. The van der Waals surface area contributed by atoms with Gasteiger partial charge in [-0.15, -0.1) is 0 Å². The average Bonchev–Trinajstić information content (AvgIpc) is 2.38. The number of alkyl carbamates (subject to hydrolysis) is 1. The molecule has 1 rings (SSSR count). The minimum atomic E-state index is -1.17. The molecule has 122 valence electrons. The van der Waals surface area contributed by atoms with Gasteiger partial charge in [-0.3, -0.25) is 0 Å². The van der Waals surface area contributed by atoms with Gasteiger partial charge in [0.15, 0.2) is 0 Å². The summed E-state index contributed by atoms with van der Waals surface area (Å²) in [5.74, 6) is -0.826. The number of nitrogens with one attached hydrogen (secondary N) is 1. The second-order valence-corrected chi connectivity index (χ2v) is 5.64. The van der Waals surface area contributed by atoms with Crippen LogP contribution in [0.1, 0.15) is 26.3 Å². The van der Waals surface area contributed by atoms with Crippen LogP contribution in [0.15, 0.2) is 24.3 Å². The highest BCUT2D eigenvalue weighted by molar-refractivity contribution is 5.80. The highest BCUT2D eigenvalue weighted by Crippen LogP contribution is 2.14. The number of carbonyl (C=O) groups excluding carboxylic acids is 1. The Balaban J connectivity index is 2.68. The summed E-state index contributed by atoms with van der Waals surface area (Å²) in [5, 5.41) is 11.5. The van der Waals surface area contributed by atoms with Crippen LogP contribution in [0.25, 0.3) is 0 Å². The summed E-state index contributed by atoms with van der Waals surface area (Å²) in [4.78, 5) is 22.9. The number of rotatable bonds is 6. The van der Waals surface area contributed by atoms with E-state index in [-0.39, 0.29) is 6.42 Å². The second-order valence-electron chi connectivity index (χ2n) is 5.64. The zero-order valence-corrected chi connectivity index (χ0v) is 12.8. The number of hydrogen-bond acceptors (Lipinski definition) is 4. The zero-order valence-electron chi connectivity index (χ0n) is 12.8. The second kappa shape index (κ2) is 7.63. The van der Waals surface area contributed by atoms with E-state index in [9.17, 15) is 19.1 Å². The first-order valence-corrected chi connectivity index (χ1v) is 6.71. The number of carboxylic acids is 1.